The lowest BCUT2D eigenvalue weighted by molar-refractivity contribution is -0.139. The average Bonchev–Trinajstić information content (AvgIpc) is 2.78. The van der Waals surface area contributed by atoms with Crippen LogP contribution in [0.5, 0.6) is 0 Å². The van der Waals surface area contributed by atoms with E-state index in [1.165, 1.54) is 23.1 Å². The van der Waals surface area contributed by atoms with Crippen molar-refractivity contribution in [2.75, 3.05) is 17.1 Å². The number of rotatable bonds is 10. The Morgan fingerprint density at radius 3 is 2.23 bits per heavy atom. The second-order valence-corrected chi connectivity index (χ2v) is 11.6. The Hall–Kier alpha value is -1.71. The third-order valence-electron chi connectivity index (χ3n) is 5.38. The first-order valence-corrected chi connectivity index (χ1v) is 14.1. The number of nitrogens with zero attached hydrogens (tertiary/aromatic N) is 2. The van der Waals surface area contributed by atoms with Crippen LogP contribution in [-0.4, -0.2) is 50.0 Å². The summed E-state index contributed by atoms with van der Waals surface area (Å²) < 4.78 is 26.1. The topological polar surface area (TPSA) is 86.8 Å². The summed E-state index contributed by atoms with van der Waals surface area (Å²) in [6.07, 6.45) is 1.66. The Morgan fingerprint density at radius 2 is 1.66 bits per heavy atom. The lowest BCUT2D eigenvalue weighted by atomic mass is 10.1. The summed E-state index contributed by atoms with van der Waals surface area (Å²) in [4.78, 5) is 27.7. The van der Waals surface area contributed by atoms with Crippen LogP contribution >= 0.6 is 46.4 Å². The molecule has 0 bridgehead atoms. The van der Waals surface area contributed by atoms with Crippen LogP contribution in [0.15, 0.2) is 36.4 Å². The third kappa shape index (κ3) is 7.89. The molecule has 0 fully saturated rings. The summed E-state index contributed by atoms with van der Waals surface area (Å²) in [5.41, 5.74) is 0.670. The minimum atomic E-state index is -3.94. The van der Waals surface area contributed by atoms with Crippen molar-refractivity contribution in [2.45, 2.75) is 45.8 Å². The maximum absolute atomic E-state index is 13.5. The summed E-state index contributed by atoms with van der Waals surface area (Å²) in [5.74, 6) is -0.996. The highest BCUT2D eigenvalue weighted by Gasteiger charge is 2.31. The first-order chi connectivity index (χ1) is 16.3. The van der Waals surface area contributed by atoms with E-state index in [-0.39, 0.29) is 39.2 Å². The van der Waals surface area contributed by atoms with E-state index in [0.717, 1.165) is 10.6 Å². The van der Waals surface area contributed by atoms with Gasteiger partial charge in [-0.15, -0.1) is 0 Å². The van der Waals surface area contributed by atoms with Gasteiger partial charge in [-0.2, -0.15) is 0 Å². The quantitative estimate of drug-likeness (QED) is 0.406. The maximum Gasteiger partial charge on any atom is 0.244 e. The maximum atomic E-state index is 13.5. The molecule has 2 aromatic rings. The van der Waals surface area contributed by atoms with Gasteiger partial charge in [-0.3, -0.25) is 13.9 Å². The van der Waals surface area contributed by atoms with Crippen molar-refractivity contribution in [3.63, 3.8) is 0 Å². The standard InChI is InChI=1S/C23H27Cl4N3O4S/c1-5-14(2)28-23(32)15(3)29(12-16-9-10-17(24)19(26)11-16)21(31)13-30(35(4,33)34)20-8-6-7-18(25)22(20)27/h6-11,14-15H,5,12-13H2,1-4H3,(H,28,32). The van der Waals surface area contributed by atoms with Crippen LogP contribution in [0.25, 0.3) is 0 Å². The average molecular weight is 583 g/mol. The molecule has 0 aliphatic rings. The largest absolute Gasteiger partial charge is 0.352 e. The van der Waals surface area contributed by atoms with Gasteiger partial charge < -0.3 is 10.2 Å². The van der Waals surface area contributed by atoms with Gasteiger partial charge in [-0.05, 0) is 50.1 Å². The number of sulfonamides is 1. The summed E-state index contributed by atoms with van der Waals surface area (Å²) in [5, 5.41) is 3.61. The second kappa shape index (κ2) is 12.5. The summed E-state index contributed by atoms with van der Waals surface area (Å²) in [6, 6.07) is 8.31. The Morgan fingerprint density at radius 1 is 1.00 bits per heavy atom. The van der Waals surface area contributed by atoms with Crippen molar-refractivity contribution >= 4 is 73.9 Å². The zero-order valence-electron chi connectivity index (χ0n) is 19.7. The molecule has 12 heteroatoms. The Labute approximate surface area is 226 Å². The highest BCUT2D eigenvalue weighted by atomic mass is 35.5. The fourth-order valence-electron chi connectivity index (χ4n) is 3.16. The van der Waals surface area contributed by atoms with Gasteiger partial charge in [0, 0.05) is 12.6 Å². The fourth-order valence-corrected chi connectivity index (χ4v) is 4.79. The number of hydrogen-bond donors (Lipinski definition) is 1. The van der Waals surface area contributed by atoms with Crippen LogP contribution in [0, 0.1) is 0 Å². The summed E-state index contributed by atoms with van der Waals surface area (Å²) in [6.45, 7) is 4.74. The van der Waals surface area contributed by atoms with E-state index in [1.54, 1.807) is 25.1 Å². The number of anilines is 1. The SMILES string of the molecule is CCC(C)NC(=O)C(C)N(Cc1ccc(Cl)c(Cl)c1)C(=O)CN(c1cccc(Cl)c1Cl)S(C)(=O)=O. The zero-order valence-corrected chi connectivity index (χ0v) is 23.5. The van der Waals surface area contributed by atoms with Crippen LogP contribution in [0.3, 0.4) is 0 Å². The number of amides is 2. The van der Waals surface area contributed by atoms with Crippen molar-refractivity contribution in [1.29, 1.82) is 0 Å². The number of hydrogen-bond acceptors (Lipinski definition) is 4. The monoisotopic (exact) mass is 581 g/mol. The van der Waals surface area contributed by atoms with Crippen molar-refractivity contribution in [1.82, 2.24) is 10.2 Å². The molecular weight excluding hydrogens is 556 g/mol. The first-order valence-electron chi connectivity index (χ1n) is 10.7. The highest BCUT2D eigenvalue weighted by molar-refractivity contribution is 7.92. The Balaban J connectivity index is 2.45. The number of benzene rings is 2. The molecule has 0 saturated heterocycles. The van der Waals surface area contributed by atoms with E-state index in [1.807, 2.05) is 13.8 Å². The molecule has 35 heavy (non-hydrogen) atoms. The molecule has 7 nitrogen and oxygen atoms in total. The lowest BCUT2D eigenvalue weighted by Gasteiger charge is -2.32. The van der Waals surface area contributed by atoms with Crippen LogP contribution < -0.4 is 9.62 Å². The van der Waals surface area contributed by atoms with Gasteiger partial charge in [0.1, 0.15) is 12.6 Å². The number of carbonyl (C=O) groups excluding carboxylic acids is 2. The molecule has 0 aliphatic heterocycles. The first kappa shape index (κ1) is 29.5. The highest BCUT2D eigenvalue weighted by Crippen LogP contribution is 2.34. The molecule has 2 amide bonds. The molecule has 1 N–H and O–H groups in total. The minimum absolute atomic E-state index is 0.00824. The van der Waals surface area contributed by atoms with Gasteiger partial charge in [0.15, 0.2) is 0 Å². The molecule has 0 aliphatic carbocycles. The second-order valence-electron chi connectivity index (χ2n) is 8.11. The Kier molecular flexibility index (Phi) is 10.5. The van der Waals surface area contributed by atoms with Gasteiger partial charge in [-0.1, -0.05) is 65.5 Å². The molecule has 0 saturated carbocycles. The van der Waals surface area contributed by atoms with Gasteiger partial charge in [0.05, 0.1) is 32.0 Å². The predicted octanol–water partition coefficient (Wildman–Crippen LogP) is 5.40. The molecule has 2 aromatic carbocycles. The molecule has 0 spiro atoms. The molecule has 2 atom stereocenters. The van der Waals surface area contributed by atoms with Gasteiger partial charge >= 0.3 is 0 Å². The van der Waals surface area contributed by atoms with E-state index in [2.05, 4.69) is 5.32 Å². The minimum Gasteiger partial charge on any atom is -0.352 e. The molecule has 0 aromatic heterocycles. The molecule has 2 rings (SSSR count). The summed E-state index contributed by atoms with van der Waals surface area (Å²) in [7, 11) is -3.94. The predicted molar refractivity (Wildman–Crippen MR) is 143 cm³/mol. The number of nitrogens with one attached hydrogen (secondary N) is 1. The van der Waals surface area contributed by atoms with E-state index >= 15 is 0 Å². The Bertz CT molecular complexity index is 1190. The van der Waals surface area contributed by atoms with Crippen LogP contribution in [0.4, 0.5) is 5.69 Å². The van der Waals surface area contributed by atoms with Crippen LogP contribution in [0.1, 0.15) is 32.8 Å². The van der Waals surface area contributed by atoms with E-state index in [9.17, 15) is 18.0 Å². The van der Waals surface area contributed by atoms with E-state index in [0.29, 0.717) is 17.0 Å². The van der Waals surface area contributed by atoms with Crippen molar-refractivity contribution < 1.29 is 18.0 Å². The van der Waals surface area contributed by atoms with E-state index < -0.39 is 28.5 Å². The third-order valence-corrected chi connectivity index (χ3v) is 8.06. The molecule has 192 valence electrons. The summed E-state index contributed by atoms with van der Waals surface area (Å²) >= 11 is 24.5. The van der Waals surface area contributed by atoms with Crippen molar-refractivity contribution in [3.05, 3.63) is 62.1 Å². The van der Waals surface area contributed by atoms with E-state index in [4.69, 9.17) is 46.4 Å². The lowest BCUT2D eigenvalue weighted by Crippen LogP contribution is -2.52. The van der Waals surface area contributed by atoms with Crippen LogP contribution in [0.2, 0.25) is 20.1 Å². The molecule has 0 radical (unpaired) electrons. The van der Waals surface area contributed by atoms with Crippen LogP contribution in [-0.2, 0) is 26.2 Å². The normalized spacial score (nSPS) is 13.1. The van der Waals surface area contributed by atoms with Gasteiger partial charge in [0.25, 0.3) is 0 Å². The smallest absolute Gasteiger partial charge is 0.244 e. The molecule has 2 unspecified atom stereocenters. The van der Waals surface area contributed by atoms with Gasteiger partial charge in [0.2, 0.25) is 21.8 Å². The van der Waals surface area contributed by atoms with Gasteiger partial charge in [-0.25, -0.2) is 8.42 Å². The van der Waals surface area contributed by atoms with Crippen molar-refractivity contribution in [3.8, 4) is 0 Å². The number of halogens is 4. The zero-order chi connectivity index (χ0) is 26.5. The molecular formula is C23H27Cl4N3O4S. The number of carbonyl (C=O) groups is 2. The van der Waals surface area contributed by atoms with Crippen molar-refractivity contribution in [2.24, 2.45) is 0 Å². The molecule has 0 heterocycles. The fraction of sp³-hybridized carbons (Fsp3) is 0.391.